The van der Waals surface area contributed by atoms with Gasteiger partial charge in [-0.15, -0.1) is 0 Å². The molecule has 0 aliphatic heterocycles. The predicted molar refractivity (Wildman–Crippen MR) is 67.3 cm³/mol. The highest BCUT2D eigenvalue weighted by Gasteiger charge is 2.18. The highest BCUT2D eigenvalue weighted by atomic mass is 14.8. The van der Waals surface area contributed by atoms with E-state index in [4.69, 9.17) is 0 Å². The molecule has 0 bridgehead atoms. The van der Waals surface area contributed by atoms with Crippen LogP contribution < -0.4 is 5.32 Å². The lowest BCUT2D eigenvalue weighted by atomic mass is 9.84. The molecule has 0 radical (unpaired) electrons. The first-order valence-electron chi connectivity index (χ1n) is 5.65. The maximum absolute atomic E-state index is 3.26. The van der Waals surface area contributed by atoms with Gasteiger partial charge >= 0.3 is 0 Å². The third kappa shape index (κ3) is 3.67. The average Bonchev–Trinajstić information content (AvgIpc) is 2.09. The fraction of sp³-hybridized carbons (Fsp3) is 0.571. The van der Waals surface area contributed by atoms with Crippen molar-refractivity contribution in [2.75, 3.05) is 13.6 Å². The van der Waals surface area contributed by atoms with Crippen molar-refractivity contribution in [2.24, 2.45) is 5.41 Å². The van der Waals surface area contributed by atoms with Crippen LogP contribution in [0, 0.1) is 19.3 Å². The van der Waals surface area contributed by atoms with Gasteiger partial charge in [0.15, 0.2) is 0 Å². The summed E-state index contributed by atoms with van der Waals surface area (Å²) in [6.07, 6.45) is 1.14. The van der Waals surface area contributed by atoms with Crippen LogP contribution in [0.2, 0.25) is 0 Å². The van der Waals surface area contributed by atoms with Gasteiger partial charge < -0.3 is 5.32 Å². The Balaban J connectivity index is 2.80. The van der Waals surface area contributed by atoms with E-state index in [0.717, 1.165) is 13.0 Å². The van der Waals surface area contributed by atoms with Crippen molar-refractivity contribution in [3.63, 3.8) is 0 Å². The summed E-state index contributed by atoms with van der Waals surface area (Å²) in [7, 11) is 2.02. The minimum absolute atomic E-state index is 0.328. The molecule has 84 valence electrons. The van der Waals surface area contributed by atoms with Gasteiger partial charge in [-0.1, -0.05) is 37.6 Å². The van der Waals surface area contributed by atoms with E-state index in [1.807, 2.05) is 7.05 Å². The minimum Gasteiger partial charge on any atom is -0.319 e. The van der Waals surface area contributed by atoms with E-state index in [9.17, 15) is 0 Å². The van der Waals surface area contributed by atoms with E-state index >= 15 is 0 Å². The summed E-state index contributed by atoms with van der Waals surface area (Å²) in [4.78, 5) is 0. The Morgan fingerprint density at radius 3 is 2.40 bits per heavy atom. The standard InChI is InChI=1S/C14H23N/c1-11-6-7-13(12(2)8-11)9-14(3,4)10-15-5/h6-8,15H,9-10H2,1-5H3. The number of benzene rings is 1. The fourth-order valence-electron chi connectivity index (χ4n) is 2.10. The highest BCUT2D eigenvalue weighted by Crippen LogP contribution is 2.23. The lowest BCUT2D eigenvalue weighted by Gasteiger charge is -2.25. The molecular weight excluding hydrogens is 182 g/mol. The van der Waals surface area contributed by atoms with Gasteiger partial charge in [0.05, 0.1) is 0 Å². The van der Waals surface area contributed by atoms with Crippen molar-refractivity contribution in [1.29, 1.82) is 0 Å². The van der Waals surface area contributed by atoms with Crippen LogP contribution in [0.15, 0.2) is 18.2 Å². The van der Waals surface area contributed by atoms with Crippen LogP contribution >= 0.6 is 0 Å². The first kappa shape index (κ1) is 12.3. The molecule has 0 unspecified atom stereocenters. The van der Waals surface area contributed by atoms with E-state index in [1.165, 1.54) is 16.7 Å². The molecular formula is C14H23N. The second kappa shape index (κ2) is 4.80. The number of aryl methyl sites for hydroxylation is 2. The zero-order valence-corrected chi connectivity index (χ0v) is 10.6. The zero-order chi connectivity index (χ0) is 11.5. The Kier molecular flexibility index (Phi) is 3.92. The van der Waals surface area contributed by atoms with Gasteiger partial charge in [0, 0.05) is 6.54 Å². The molecule has 1 rings (SSSR count). The third-order valence-corrected chi connectivity index (χ3v) is 2.82. The van der Waals surface area contributed by atoms with E-state index in [-0.39, 0.29) is 0 Å². The minimum atomic E-state index is 0.328. The topological polar surface area (TPSA) is 12.0 Å². The average molecular weight is 205 g/mol. The molecule has 0 spiro atoms. The molecule has 15 heavy (non-hydrogen) atoms. The van der Waals surface area contributed by atoms with E-state index < -0.39 is 0 Å². The van der Waals surface area contributed by atoms with Crippen molar-refractivity contribution >= 4 is 0 Å². The van der Waals surface area contributed by atoms with Gasteiger partial charge in [-0.25, -0.2) is 0 Å². The molecule has 1 aromatic carbocycles. The van der Waals surface area contributed by atoms with Gasteiger partial charge in [0.1, 0.15) is 0 Å². The summed E-state index contributed by atoms with van der Waals surface area (Å²) in [5.74, 6) is 0. The molecule has 0 fully saturated rings. The van der Waals surface area contributed by atoms with Gasteiger partial charge in [-0.2, -0.15) is 0 Å². The molecule has 0 heterocycles. The molecule has 0 aromatic heterocycles. The second-order valence-corrected chi connectivity index (χ2v) is 5.30. The third-order valence-electron chi connectivity index (χ3n) is 2.82. The molecule has 0 saturated carbocycles. The molecule has 1 aromatic rings. The van der Waals surface area contributed by atoms with Crippen LogP contribution in [0.25, 0.3) is 0 Å². The van der Waals surface area contributed by atoms with Gasteiger partial charge in [0.25, 0.3) is 0 Å². The van der Waals surface area contributed by atoms with E-state index in [2.05, 4.69) is 51.2 Å². The van der Waals surface area contributed by atoms with E-state index in [0.29, 0.717) is 5.41 Å². The van der Waals surface area contributed by atoms with Crippen LogP contribution in [0.5, 0.6) is 0 Å². The number of hydrogen-bond donors (Lipinski definition) is 1. The molecule has 0 saturated heterocycles. The van der Waals surface area contributed by atoms with Crippen molar-refractivity contribution in [1.82, 2.24) is 5.32 Å². The monoisotopic (exact) mass is 205 g/mol. The van der Waals surface area contributed by atoms with Crippen molar-refractivity contribution in [2.45, 2.75) is 34.1 Å². The van der Waals surface area contributed by atoms with E-state index in [1.54, 1.807) is 0 Å². The quantitative estimate of drug-likeness (QED) is 0.796. The smallest absolute Gasteiger partial charge is 0.000270 e. The van der Waals surface area contributed by atoms with Crippen LogP contribution in [-0.4, -0.2) is 13.6 Å². The maximum Gasteiger partial charge on any atom is 0.000270 e. The first-order valence-corrected chi connectivity index (χ1v) is 5.65. The zero-order valence-electron chi connectivity index (χ0n) is 10.6. The number of hydrogen-bond acceptors (Lipinski definition) is 1. The summed E-state index contributed by atoms with van der Waals surface area (Å²) >= 11 is 0. The summed E-state index contributed by atoms with van der Waals surface area (Å²) in [6, 6.07) is 6.74. The first-order chi connectivity index (χ1) is 6.94. The lowest BCUT2D eigenvalue weighted by molar-refractivity contribution is 0.349. The summed E-state index contributed by atoms with van der Waals surface area (Å²) in [5.41, 5.74) is 4.57. The van der Waals surface area contributed by atoms with Crippen molar-refractivity contribution in [3.8, 4) is 0 Å². The number of nitrogens with one attached hydrogen (secondary N) is 1. The maximum atomic E-state index is 3.26. The highest BCUT2D eigenvalue weighted by molar-refractivity contribution is 5.31. The van der Waals surface area contributed by atoms with Gasteiger partial charge in [0.2, 0.25) is 0 Å². The Bertz CT molecular complexity index is 326. The summed E-state index contributed by atoms with van der Waals surface area (Å²) < 4.78 is 0. The Morgan fingerprint density at radius 1 is 1.20 bits per heavy atom. The fourth-order valence-corrected chi connectivity index (χ4v) is 2.10. The molecule has 0 aliphatic rings. The molecule has 0 atom stereocenters. The Morgan fingerprint density at radius 2 is 1.87 bits per heavy atom. The predicted octanol–water partition coefficient (Wildman–Crippen LogP) is 3.09. The Labute approximate surface area is 93.9 Å². The molecule has 0 amide bonds. The molecule has 1 heteroatoms. The number of rotatable bonds is 4. The van der Waals surface area contributed by atoms with Gasteiger partial charge in [-0.05, 0) is 43.9 Å². The normalized spacial score (nSPS) is 11.8. The molecule has 1 nitrogen and oxygen atoms in total. The largest absolute Gasteiger partial charge is 0.319 e. The van der Waals surface area contributed by atoms with Gasteiger partial charge in [-0.3, -0.25) is 0 Å². The summed E-state index contributed by atoms with van der Waals surface area (Å²) in [6.45, 7) is 10.0. The second-order valence-electron chi connectivity index (χ2n) is 5.30. The van der Waals surface area contributed by atoms with Crippen LogP contribution in [0.4, 0.5) is 0 Å². The van der Waals surface area contributed by atoms with Crippen LogP contribution in [-0.2, 0) is 6.42 Å². The molecule has 0 aliphatic carbocycles. The lowest BCUT2D eigenvalue weighted by Crippen LogP contribution is -2.28. The van der Waals surface area contributed by atoms with Crippen LogP contribution in [0.1, 0.15) is 30.5 Å². The SMILES string of the molecule is CNCC(C)(C)Cc1ccc(C)cc1C. The Hall–Kier alpha value is -0.820. The van der Waals surface area contributed by atoms with Crippen LogP contribution in [0.3, 0.4) is 0 Å². The van der Waals surface area contributed by atoms with Crippen molar-refractivity contribution < 1.29 is 0 Å². The summed E-state index contributed by atoms with van der Waals surface area (Å²) in [5, 5.41) is 3.26. The molecule has 1 N–H and O–H groups in total. The van der Waals surface area contributed by atoms with Crippen molar-refractivity contribution in [3.05, 3.63) is 34.9 Å².